The average Bonchev–Trinajstić information content (AvgIpc) is 2.62. The number of nitrogens with zero attached hydrogens (tertiary/aromatic N) is 1. The Hall–Kier alpha value is -2.34. The second kappa shape index (κ2) is 7.70. The molecule has 2 heterocycles. The van der Waals surface area contributed by atoms with Gasteiger partial charge in [0.1, 0.15) is 11.3 Å². The molecule has 2 N–H and O–H groups in total. The molecule has 2 aromatic rings. The summed E-state index contributed by atoms with van der Waals surface area (Å²) in [6, 6.07) is 5.21. The van der Waals surface area contributed by atoms with Gasteiger partial charge in [0.05, 0.1) is 7.11 Å². The van der Waals surface area contributed by atoms with Gasteiger partial charge >= 0.3 is 0 Å². The van der Waals surface area contributed by atoms with Crippen molar-refractivity contribution in [2.75, 3.05) is 33.8 Å². The number of amides is 1. The van der Waals surface area contributed by atoms with Crippen LogP contribution in [-0.2, 0) is 0 Å². The van der Waals surface area contributed by atoms with Crippen molar-refractivity contribution >= 4 is 16.8 Å². The molecule has 1 aliphatic heterocycles. The summed E-state index contributed by atoms with van der Waals surface area (Å²) < 4.78 is 5.16. The van der Waals surface area contributed by atoms with E-state index in [9.17, 15) is 9.59 Å². The first-order valence-corrected chi connectivity index (χ1v) is 8.74. The zero-order valence-electron chi connectivity index (χ0n) is 14.8. The molecule has 25 heavy (non-hydrogen) atoms. The van der Waals surface area contributed by atoms with E-state index in [1.54, 1.807) is 25.3 Å². The molecule has 0 radical (unpaired) electrons. The summed E-state index contributed by atoms with van der Waals surface area (Å²) in [5.41, 5.74) is 0.552. The Kier molecular flexibility index (Phi) is 5.38. The minimum absolute atomic E-state index is 0.140. The number of likely N-dealkylation sites (tertiary alicyclic amines) is 1. The first kappa shape index (κ1) is 17.5. The summed E-state index contributed by atoms with van der Waals surface area (Å²) in [7, 11) is 3.68. The van der Waals surface area contributed by atoms with Crippen LogP contribution < -0.4 is 15.5 Å². The third-order valence-corrected chi connectivity index (χ3v) is 4.89. The molecule has 1 saturated heterocycles. The van der Waals surface area contributed by atoms with E-state index in [1.165, 1.54) is 19.0 Å². The highest BCUT2D eigenvalue weighted by Crippen LogP contribution is 2.18. The van der Waals surface area contributed by atoms with Crippen molar-refractivity contribution in [2.24, 2.45) is 5.92 Å². The number of benzene rings is 1. The molecule has 1 aliphatic rings. The van der Waals surface area contributed by atoms with E-state index >= 15 is 0 Å². The molecule has 6 nitrogen and oxygen atoms in total. The Morgan fingerprint density at radius 3 is 3.04 bits per heavy atom. The van der Waals surface area contributed by atoms with Gasteiger partial charge in [-0.1, -0.05) is 0 Å². The van der Waals surface area contributed by atoms with Crippen molar-refractivity contribution in [3.05, 3.63) is 40.2 Å². The monoisotopic (exact) mass is 343 g/mol. The van der Waals surface area contributed by atoms with Crippen LogP contribution in [0.1, 0.15) is 29.6 Å². The van der Waals surface area contributed by atoms with Crippen molar-refractivity contribution in [3.8, 4) is 5.75 Å². The quantitative estimate of drug-likeness (QED) is 0.871. The number of methoxy groups -OCH3 is 1. The molecule has 0 bridgehead atoms. The van der Waals surface area contributed by atoms with Crippen molar-refractivity contribution in [2.45, 2.75) is 19.3 Å². The largest absolute Gasteiger partial charge is 0.497 e. The predicted octanol–water partition coefficient (Wildman–Crippen LogP) is 2.00. The Morgan fingerprint density at radius 2 is 2.28 bits per heavy atom. The summed E-state index contributed by atoms with van der Waals surface area (Å²) in [5.74, 6) is 0.880. The molecule has 0 saturated carbocycles. The molecule has 1 aromatic heterocycles. The molecular weight excluding hydrogens is 318 g/mol. The topological polar surface area (TPSA) is 74.4 Å². The zero-order valence-corrected chi connectivity index (χ0v) is 14.8. The van der Waals surface area contributed by atoms with Crippen LogP contribution >= 0.6 is 0 Å². The maximum atomic E-state index is 12.6. The van der Waals surface area contributed by atoms with Gasteiger partial charge in [-0.25, -0.2) is 0 Å². The van der Waals surface area contributed by atoms with Crippen LogP contribution in [0, 0.1) is 5.92 Å². The number of aromatic nitrogens is 1. The Bertz CT molecular complexity index is 815. The average molecular weight is 343 g/mol. The van der Waals surface area contributed by atoms with Gasteiger partial charge in [-0.05, 0) is 57.0 Å². The number of H-pyrrole nitrogens is 1. The Balaban J connectivity index is 1.67. The van der Waals surface area contributed by atoms with Crippen LogP contribution in [0.4, 0.5) is 0 Å². The van der Waals surface area contributed by atoms with Crippen molar-refractivity contribution in [1.82, 2.24) is 15.2 Å². The molecule has 0 unspecified atom stereocenters. The number of rotatable bonds is 5. The van der Waals surface area contributed by atoms with Crippen molar-refractivity contribution in [1.29, 1.82) is 0 Å². The molecule has 134 valence electrons. The third-order valence-electron chi connectivity index (χ3n) is 4.89. The lowest BCUT2D eigenvalue weighted by atomic mass is 9.95. The van der Waals surface area contributed by atoms with E-state index in [0.717, 1.165) is 19.5 Å². The highest BCUT2D eigenvalue weighted by atomic mass is 16.5. The minimum Gasteiger partial charge on any atom is -0.497 e. The minimum atomic E-state index is -0.324. The van der Waals surface area contributed by atoms with Crippen LogP contribution in [0.25, 0.3) is 10.9 Å². The second-order valence-electron chi connectivity index (χ2n) is 6.76. The summed E-state index contributed by atoms with van der Waals surface area (Å²) in [4.78, 5) is 30.3. The van der Waals surface area contributed by atoms with Gasteiger partial charge in [0.15, 0.2) is 0 Å². The summed E-state index contributed by atoms with van der Waals surface area (Å²) in [5, 5.41) is 3.35. The van der Waals surface area contributed by atoms with E-state index in [0.29, 0.717) is 29.1 Å². The fraction of sp³-hybridized carbons (Fsp3) is 0.474. The highest BCUT2D eigenvalue weighted by Gasteiger charge is 2.18. The van der Waals surface area contributed by atoms with E-state index in [1.807, 2.05) is 0 Å². The van der Waals surface area contributed by atoms with Gasteiger partial charge in [-0.3, -0.25) is 9.59 Å². The molecule has 1 aromatic carbocycles. The van der Waals surface area contributed by atoms with Crippen LogP contribution in [0.5, 0.6) is 5.75 Å². The van der Waals surface area contributed by atoms with Crippen LogP contribution in [0.2, 0.25) is 0 Å². The standard InChI is InChI=1S/C19H25N3O3/c1-22-9-3-4-13(12-22)7-8-20-19(24)16-11-21-17-6-5-14(25-2)10-15(17)18(16)23/h5-6,10-11,13H,3-4,7-9,12H2,1-2H3,(H,20,24)(H,21,23)/t13-/m0/s1. The SMILES string of the molecule is COc1ccc2[nH]cc(C(=O)NCC[C@@H]3CCCN(C)C3)c(=O)c2c1. The van der Waals surface area contributed by atoms with E-state index in [4.69, 9.17) is 4.74 Å². The molecule has 1 amide bonds. The second-order valence-corrected chi connectivity index (χ2v) is 6.76. The van der Waals surface area contributed by atoms with Crippen molar-refractivity contribution in [3.63, 3.8) is 0 Å². The number of ether oxygens (including phenoxy) is 1. The number of carbonyl (C=O) groups is 1. The third kappa shape index (κ3) is 4.02. The number of pyridine rings is 1. The predicted molar refractivity (Wildman–Crippen MR) is 98.3 cm³/mol. The highest BCUT2D eigenvalue weighted by molar-refractivity contribution is 5.97. The maximum absolute atomic E-state index is 12.6. The Morgan fingerprint density at radius 1 is 1.44 bits per heavy atom. The smallest absolute Gasteiger partial charge is 0.256 e. The van der Waals surface area contributed by atoms with Gasteiger partial charge in [0.25, 0.3) is 5.91 Å². The fourth-order valence-electron chi connectivity index (χ4n) is 3.49. The normalized spacial score (nSPS) is 18.2. The number of hydrogen-bond acceptors (Lipinski definition) is 4. The van der Waals surface area contributed by atoms with Gasteiger partial charge < -0.3 is 19.9 Å². The van der Waals surface area contributed by atoms with E-state index < -0.39 is 0 Å². The molecular formula is C19H25N3O3. The lowest BCUT2D eigenvalue weighted by Crippen LogP contribution is -2.35. The lowest BCUT2D eigenvalue weighted by Gasteiger charge is -2.29. The number of aromatic amines is 1. The lowest BCUT2D eigenvalue weighted by molar-refractivity contribution is 0.0947. The number of fused-ring (bicyclic) bond motifs is 1. The number of hydrogen-bond donors (Lipinski definition) is 2. The fourth-order valence-corrected chi connectivity index (χ4v) is 3.49. The van der Waals surface area contributed by atoms with Crippen LogP contribution in [-0.4, -0.2) is 49.6 Å². The van der Waals surface area contributed by atoms with E-state index in [2.05, 4.69) is 22.2 Å². The number of nitrogens with one attached hydrogen (secondary N) is 2. The van der Waals surface area contributed by atoms with Gasteiger partial charge in [0.2, 0.25) is 5.43 Å². The van der Waals surface area contributed by atoms with Gasteiger partial charge in [-0.2, -0.15) is 0 Å². The summed E-state index contributed by atoms with van der Waals surface area (Å²) in [6.45, 7) is 2.82. The molecule has 0 aliphatic carbocycles. The first-order chi connectivity index (χ1) is 12.1. The van der Waals surface area contributed by atoms with E-state index in [-0.39, 0.29) is 16.9 Å². The molecule has 1 fully saturated rings. The number of carbonyl (C=O) groups excluding carboxylic acids is 1. The Labute approximate surface area is 147 Å². The summed E-state index contributed by atoms with van der Waals surface area (Å²) in [6.07, 6.45) is 4.84. The molecule has 0 spiro atoms. The van der Waals surface area contributed by atoms with Crippen LogP contribution in [0.3, 0.4) is 0 Å². The van der Waals surface area contributed by atoms with Crippen LogP contribution in [0.15, 0.2) is 29.2 Å². The zero-order chi connectivity index (χ0) is 17.8. The van der Waals surface area contributed by atoms with Gasteiger partial charge in [-0.15, -0.1) is 0 Å². The molecule has 3 rings (SSSR count). The number of piperidine rings is 1. The molecule has 6 heteroatoms. The van der Waals surface area contributed by atoms with Gasteiger partial charge in [0, 0.05) is 30.2 Å². The first-order valence-electron chi connectivity index (χ1n) is 8.74. The van der Waals surface area contributed by atoms with Crippen molar-refractivity contribution < 1.29 is 9.53 Å². The molecule has 1 atom stereocenters. The summed E-state index contributed by atoms with van der Waals surface area (Å²) >= 11 is 0. The maximum Gasteiger partial charge on any atom is 0.256 e.